The molecule has 94 valence electrons. The lowest BCUT2D eigenvalue weighted by Gasteiger charge is -2.46. The van der Waals surface area contributed by atoms with Gasteiger partial charge in [0.2, 0.25) is 5.13 Å². The van der Waals surface area contributed by atoms with Gasteiger partial charge in [0.25, 0.3) is 0 Å². The molecule has 1 aromatic heterocycles. The largest absolute Gasteiger partial charge is 0.360 e. The maximum absolute atomic E-state index is 4.62. The molecule has 0 saturated carbocycles. The van der Waals surface area contributed by atoms with Crippen molar-refractivity contribution < 1.29 is 0 Å². The van der Waals surface area contributed by atoms with E-state index in [0.717, 1.165) is 30.5 Å². The summed E-state index contributed by atoms with van der Waals surface area (Å²) in [6.45, 7) is 9.00. The van der Waals surface area contributed by atoms with Crippen molar-refractivity contribution >= 4 is 16.7 Å². The zero-order chi connectivity index (χ0) is 11.7. The maximum atomic E-state index is 4.62. The number of anilines is 1. The van der Waals surface area contributed by atoms with Gasteiger partial charge < -0.3 is 5.32 Å². The summed E-state index contributed by atoms with van der Waals surface area (Å²) in [5.41, 5.74) is 0. The van der Waals surface area contributed by atoms with Gasteiger partial charge in [0, 0.05) is 50.8 Å². The number of rotatable bonds is 4. The molecule has 2 bridgehead atoms. The summed E-state index contributed by atoms with van der Waals surface area (Å²) < 4.78 is 4.51. The summed E-state index contributed by atoms with van der Waals surface area (Å²) in [7, 11) is 0. The highest BCUT2D eigenvalue weighted by Crippen LogP contribution is 2.28. The zero-order valence-electron chi connectivity index (χ0n) is 10.2. The molecule has 4 heterocycles. The highest BCUT2D eigenvalue weighted by atomic mass is 32.1. The molecule has 0 spiro atoms. The molecule has 5 nitrogen and oxygen atoms in total. The highest BCUT2D eigenvalue weighted by Gasteiger charge is 2.34. The molecule has 0 aliphatic carbocycles. The Hall–Kier alpha value is -0.720. The average molecular weight is 253 g/mol. The third-order valence-electron chi connectivity index (χ3n) is 3.54. The van der Waals surface area contributed by atoms with E-state index in [9.17, 15) is 0 Å². The Kier molecular flexibility index (Phi) is 3.26. The molecular weight excluding hydrogens is 234 g/mol. The highest BCUT2D eigenvalue weighted by molar-refractivity contribution is 7.09. The molecule has 1 N–H and O–H groups in total. The molecule has 6 heteroatoms. The van der Waals surface area contributed by atoms with Gasteiger partial charge in [-0.25, -0.2) is 4.98 Å². The molecule has 4 rings (SSSR count). The van der Waals surface area contributed by atoms with E-state index < -0.39 is 0 Å². The smallest absolute Gasteiger partial charge is 0.202 e. The van der Waals surface area contributed by atoms with Crippen LogP contribution in [0.3, 0.4) is 0 Å². The first-order valence-corrected chi connectivity index (χ1v) is 7.18. The molecule has 17 heavy (non-hydrogen) atoms. The topological polar surface area (TPSA) is 44.3 Å². The first kappa shape index (κ1) is 11.4. The molecule has 0 amide bonds. The van der Waals surface area contributed by atoms with E-state index in [0.29, 0.717) is 6.04 Å². The second-order valence-corrected chi connectivity index (χ2v) is 5.49. The minimum absolute atomic E-state index is 0.422. The van der Waals surface area contributed by atoms with E-state index in [1.54, 1.807) is 0 Å². The van der Waals surface area contributed by atoms with Crippen molar-refractivity contribution in [3.63, 3.8) is 0 Å². The van der Waals surface area contributed by atoms with Crippen molar-refractivity contribution in [2.45, 2.75) is 19.4 Å². The predicted molar refractivity (Wildman–Crippen MR) is 69.4 cm³/mol. The van der Waals surface area contributed by atoms with Crippen molar-refractivity contribution in [1.29, 1.82) is 0 Å². The molecule has 0 aromatic carbocycles. The van der Waals surface area contributed by atoms with Crippen LogP contribution < -0.4 is 5.32 Å². The lowest BCUT2D eigenvalue weighted by atomic mass is 10.1. The Labute approximate surface area is 106 Å². The van der Waals surface area contributed by atoms with Gasteiger partial charge in [-0.15, -0.1) is 0 Å². The second kappa shape index (κ2) is 4.88. The minimum Gasteiger partial charge on any atom is -0.360 e. The molecule has 3 aliphatic rings. The summed E-state index contributed by atoms with van der Waals surface area (Å²) in [6, 6.07) is 0.422. The van der Waals surface area contributed by atoms with Crippen molar-refractivity contribution in [3.05, 3.63) is 5.82 Å². The fraction of sp³-hybridized carbons (Fsp3) is 0.818. The number of nitrogens with one attached hydrogen (secondary N) is 1. The average Bonchev–Trinajstić information content (AvgIpc) is 2.86. The molecule has 3 aliphatic heterocycles. The van der Waals surface area contributed by atoms with E-state index in [4.69, 9.17) is 0 Å². The fourth-order valence-electron chi connectivity index (χ4n) is 2.54. The number of aromatic nitrogens is 2. The van der Waals surface area contributed by atoms with Crippen LogP contribution in [0, 0.1) is 0 Å². The van der Waals surface area contributed by atoms with Crippen LogP contribution in [0.15, 0.2) is 0 Å². The van der Waals surface area contributed by atoms with Gasteiger partial charge >= 0.3 is 0 Å². The Bertz CT molecular complexity index is 372. The molecule has 1 unspecified atom stereocenters. The van der Waals surface area contributed by atoms with Crippen LogP contribution in [0.25, 0.3) is 0 Å². The van der Waals surface area contributed by atoms with Gasteiger partial charge in [0.05, 0.1) is 6.04 Å². The van der Waals surface area contributed by atoms with Gasteiger partial charge in [0.1, 0.15) is 0 Å². The predicted octanol–water partition coefficient (Wildman–Crippen LogP) is 1.03. The Morgan fingerprint density at radius 2 is 2.18 bits per heavy atom. The van der Waals surface area contributed by atoms with Crippen LogP contribution in [0.1, 0.15) is 25.2 Å². The normalized spacial score (nSPS) is 31.7. The van der Waals surface area contributed by atoms with E-state index in [1.807, 2.05) is 0 Å². The molecular formula is C11H19N5S. The van der Waals surface area contributed by atoms with Gasteiger partial charge in [0.15, 0.2) is 5.82 Å². The molecule has 1 aromatic rings. The van der Waals surface area contributed by atoms with Crippen molar-refractivity contribution in [3.8, 4) is 0 Å². The van der Waals surface area contributed by atoms with Gasteiger partial charge in [-0.05, 0) is 6.42 Å². The monoisotopic (exact) mass is 253 g/mol. The quantitative estimate of drug-likeness (QED) is 0.868. The fourth-order valence-corrected chi connectivity index (χ4v) is 3.18. The van der Waals surface area contributed by atoms with Crippen molar-refractivity contribution in [2.75, 3.05) is 44.6 Å². The van der Waals surface area contributed by atoms with Crippen LogP contribution in [0.4, 0.5) is 5.13 Å². The summed E-state index contributed by atoms with van der Waals surface area (Å²) in [6.07, 6.45) is 1.12. The van der Waals surface area contributed by atoms with Gasteiger partial charge in [-0.1, -0.05) is 6.92 Å². The number of piperazine rings is 3. The molecule has 1 atom stereocenters. The summed E-state index contributed by atoms with van der Waals surface area (Å²) >= 11 is 1.49. The first-order chi connectivity index (χ1) is 8.36. The Morgan fingerprint density at radius 1 is 1.35 bits per heavy atom. The molecule has 3 saturated heterocycles. The van der Waals surface area contributed by atoms with Crippen LogP contribution in [-0.2, 0) is 0 Å². The first-order valence-electron chi connectivity index (χ1n) is 6.40. The van der Waals surface area contributed by atoms with E-state index in [1.165, 1.54) is 37.7 Å². The summed E-state index contributed by atoms with van der Waals surface area (Å²) in [4.78, 5) is 9.66. The Morgan fingerprint density at radius 3 is 2.82 bits per heavy atom. The number of hydrogen-bond acceptors (Lipinski definition) is 6. The minimum atomic E-state index is 0.422. The number of hydrogen-bond donors (Lipinski definition) is 1. The SMILES string of the molecule is CCCNc1nc(C2CN3CCN2CC3)ns1. The Balaban J connectivity index is 1.69. The standard InChI is InChI=1S/C11H19N5S/c1-2-3-12-11-13-10(14-17-11)9-8-15-4-6-16(9)7-5-15/h9H,2-8H2,1H3,(H,12,13,14). The van der Waals surface area contributed by atoms with Crippen molar-refractivity contribution in [1.82, 2.24) is 19.2 Å². The van der Waals surface area contributed by atoms with Gasteiger partial charge in [-0.2, -0.15) is 4.37 Å². The lowest BCUT2D eigenvalue weighted by molar-refractivity contribution is 0.00918. The van der Waals surface area contributed by atoms with E-state index in [-0.39, 0.29) is 0 Å². The van der Waals surface area contributed by atoms with Crippen LogP contribution in [-0.4, -0.2) is 58.4 Å². The molecule has 0 radical (unpaired) electrons. The summed E-state index contributed by atoms with van der Waals surface area (Å²) in [5, 5.41) is 4.28. The van der Waals surface area contributed by atoms with Crippen LogP contribution in [0.5, 0.6) is 0 Å². The van der Waals surface area contributed by atoms with Gasteiger partial charge in [-0.3, -0.25) is 9.80 Å². The third-order valence-corrected chi connectivity index (χ3v) is 4.23. The second-order valence-electron chi connectivity index (χ2n) is 4.74. The third kappa shape index (κ3) is 2.29. The molecule has 3 fully saturated rings. The summed E-state index contributed by atoms with van der Waals surface area (Å²) in [5.74, 6) is 1.01. The van der Waals surface area contributed by atoms with E-state index >= 15 is 0 Å². The van der Waals surface area contributed by atoms with Crippen molar-refractivity contribution in [2.24, 2.45) is 0 Å². The lowest BCUT2D eigenvalue weighted by Crippen LogP contribution is -2.57. The van der Waals surface area contributed by atoms with Crippen LogP contribution >= 0.6 is 11.5 Å². The van der Waals surface area contributed by atoms with E-state index in [2.05, 4.69) is 31.4 Å². The number of nitrogens with zero attached hydrogens (tertiary/aromatic N) is 4. The maximum Gasteiger partial charge on any atom is 0.202 e. The zero-order valence-corrected chi connectivity index (χ0v) is 11.0. The van der Waals surface area contributed by atoms with Crippen LogP contribution in [0.2, 0.25) is 0 Å². The number of fused-ring (bicyclic) bond motifs is 3.